The van der Waals surface area contributed by atoms with Crippen LogP contribution in [0.15, 0.2) is 60.7 Å². The van der Waals surface area contributed by atoms with E-state index >= 15 is 0 Å². The van der Waals surface area contributed by atoms with E-state index < -0.39 is 0 Å². The molecule has 0 radical (unpaired) electrons. The molecule has 1 aromatic heterocycles. The van der Waals surface area contributed by atoms with E-state index in [1.54, 1.807) is 0 Å². The Morgan fingerprint density at radius 3 is 2.35 bits per heavy atom. The summed E-state index contributed by atoms with van der Waals surface area (Å²) in [6, 6.07) is 20.4. The molecule has 0 aliphatic rings. The summed E-state index contributed by atoms with van der Waals surface area (Å²) in [6.45, 7) is 0. The van der Waals surface area contributed by atoms with Gasteiger partial charge in [-0.3, -0.25) is 0 Å². The molecule has 17 heavy (non-hydrogen) atoms. The largest absolute Gasteiger partial charge is 0.357 e. The van der Waals surface area contributed by atoms with Crippen molar-refractivity contribution in [1.82, 2.24) is 4.98 Å². The number of aromatic nitrogens is 1. The lowest BCUT2D eigenvalue weighted by molar-refractivity contribution is 0.842. The number of rotatable bonds is 2. The number of hydrogen-bond acceptors (Lipinski definition) is 1. The Morgan fingerprint density at radius 1 is 0.882 bits per heavy atom. The van der Waals surface area contributed by atoms with Crippen molar-refractivity contribution < 1.29 is 0 Å². The molecule has 1 unspecified atom stereocenters. The molecular weight excluding hydrogens is 208 g/mol. The van der Waals surface area contributed by atoms with E-state index in [1.807, 2.05) is 30.3 Å². The van der Waals surface area contributed by atoms with Crippen molar-refractivity contribution >= 4 is 10.9 Å². The van der Waals surface area contributed by atoms with Gasteiger partial charge in [0.05, 0.1) is 6.04 Å². The Morgan fingerprint density at radius 2 is 1.59 bits per heavy atom. The third kappa shape index (κ3) is 1.83. The highest BCUT2D eigenvalue weighted by molar-refractivity contribution is 5.80. The van der Waals surface area contributed by atoms with Gasteiger partial charge in [-0.1, -0.05) is 48.5 Å². The minimum Gasteiger partial charge on any atom is -0.357 e. The van der Waals surface area contributed by atoms with Crippen molar-refractivity contribution in [2.24, 2.45) is 5.73 Å². The molecule has 0 aliphatic carbocycles. The molecular formula is C15H14N2. The van der Waals surface area contributed by atoms with Crippen LogP contribution in [0.2, 0.25) is 0 Å². The zero-order valence-electron chi connectivity index (χ0n) is 9.43. The number of hydrogen-bond donors (Lipinski definition) is 2. The highest BCUT2D eigenvalue weighted by atomic mass is 14.8. The first-order chi connectivity index (χ1) is 8.34. The Balaban J connectivity index is 2.04. The summed E-state index contributed by atoms with van der Waals surface area (Å²) in [7, 11) is 0. The molecule has 2 aromatic carbocycles. The zero-order valence-corrected chi connectivity index (χ0v) is 9.43. The van der Waals surface area contributed by atoms with Gasteiger partial charge in [-0.25, -0.2) is 0 Å². The molecule has 3 aromatic rings. The normalized spacial score (nSPS) is 12.8. The molecule has 3 N–H and O–H groups in total. The first-order valence-electron chi connectivity index (χ1n) is 5.73. The van der Waals surface area contributed by atoms with Crippen molar-refractivity contribution in [2.75, 3.05) is 0 Å². The first-order valence-corrected chi connectivity index (χ1v) is 5.73. The monoisotopic (exact) mass is 222 g/mol. The molecule has 0 fully saturated rings. The summed E-state index contributed by atoms with van der Waals surface area (Å²) in [5.41, 5.74) is 9.56. The van der Waals surface area contributed by atoms with Gasteiger partial charge in [0, 0.05) is 11.2 Å². The lowest BCUT2D eigenvalue weighted by Crippen LogP contribution is -2.11. The molecule has 1 atom stereocenters. The fourth-order valence-electron chi connectivity index (χ4n) is 2.10. The average molecular weight is 222 g/mol. The van der Waals surface area contributed by atoms with Crippen LogP contribution in [-0.2, 0) is 0 Å². The van der Waals surface area contributed by atoms with Gasteiger partial charge >= 0.3 is 0 Å². The second kappa shape index (κ2) is 4.07. The molecule has 0 aliphatic heterocycles. The Labute approximate surface area is 100 Å². The average Bonchev–Trinajstić information content (AvgIpc) is 2.82. The maximum Gasteiger partial charge on any atom is 0.0704 e. The van der Waals surface area contributed by atoms with Crippen LogP contribution in [0, 0.1) is 0 Å². The SMILES string of the molecule is NC(c1ccccc1)c1cc2ccccc2[nH]1. The fourth-order valence-corrected chi connectivity index (χ4v) is 2.10. The molecule has 0 amide bonds. The summed E-state index contributed by atoms with van der Waals surface area (Å²) >= 11 is 0. The van der Waals surface area contributed by atoms with Crippen molar-refractivity contribution in [3.8, 4) is 0 Å². The third-order valence-corrected chi connectivity index (χ3v) is 3.04. The summed E-state index contributed by atoms with van der Waals surface area (Å²) in [5, 5.41) is 1.20. The minimum absolute atomic E-state index is 0.0939. The van der Waals surface area contributed by atoms with Crippen molar-refractivity contribution in [1.29, 1.82) is 0 Å². The summed E-state index contributed by atoms with van der Waals surface area (Å²) in [6.07, 6.45) is 0. The number of nitrogens with one attached hydrogen (secondary N) is 1. The Hall–Kier alpha value is -2.06. The predicted octanol–water partition coefficient (Wildman–Crippen LogP) is 3.22. The smallest absolute Gasteiger partial charge is 0.0704 e. The molecule has 84 valence electrons. The van der Waals surface area contributed by atoms with Crippen molar-refractivity contribution in [3.05, 3.63) is 71.9 Å². The molecule has 2 nitrogen and oxygen atoms in total. The fraction of sp³-hybridized carbons (Fsp3) is 0.0667. The number of H-pyrrole nitrogens is 1. The molecule has 1 heterocycles. The van der Waals surface area contributed by atoms with Crippen LogP contribution in [0.5, 0.6) is 0 Å². The van der Waals surface area contributed by atoms with Gasteiger partial charge in [-0.2, -0.15) is 0 Å². The van der Waals surface area contributed by atoms with Crippen LogP contribution in [0.25, 0.3) is 10.9 Å². The predicted molar refractivity (Wildman–Crippen MR) is 70.8 cm³/mol. The van der Waals surface area contributed by atoms with Gasteiger partial charge in [0.15, 0.2) is 0 Å². The van der Waals surface area contributed by atoms with Gasteiger partial charge < -0.3 is 10.7 Å². The lowest BCUT2D eigenvalue weighted by Gasteiger charge is -2.09. The third-order valence-electron chi connectivity index (χ3n) is 3.04. The molecule has 0 saturated carbocycles. The number of benzene rings is 2. The molecule has 0 spiro atoms. The van der Waals surface area contributed by atoms with E-state index in [0.29, 0.717) is 0 Å². The van der Waals surface area contributed by atoms with Crippen LogP contribution in [0.4, 0.5) is 0 Å². The number of fused-ring (bicyclic) bond motifs is 1. The molecule has 0 saturated heterocycles. The molecule has 3 rings (SSSR count). The first kappa shape index (κ1) is 10.1. The van der Waals surface area contributed by atoms with E-state index in [4.69, 9.17) is 5.73 Å². The zero-order chi connectivity index (χ0) is 11.7. The number of para-hydroxylation sites is 1. The van der Waals surface area contributed by atoms with Crippen molar-refractivity contribution in [3.63, 3.8) is 0 Å². The van der Waals surface area contributed by atoms with Crippen LogP contribution >= 0.6 is 0 Å². The lowest BCUT2D eigenvalue weighted by atomic mass is 10.1. The quantitative estimate of drug-likeness (QED) is 0.686. The topological polar surface area (TPSA) is 41.8 Å². The number of aromatic amines is 1. The van der Waals surface area contributed by atoms with Gasteiger partial charge in [0.1, 0.15) is 0 Å². The van der Waals surface area contributed by atoms with Crippen molar-refractivity contribution in [2.45, 2.75) is 6.04 Å². The highest BCUT2D eigenvalue weighted by Gasteiger charge is 2.10. The maximum atomic E-state index is 6.25. The minimum atomic E-state index is -0.0939. The van der Waals surface area contributed by atoms with E-state index in [0.717, 1.165) is 16.8 Å². The standard InChI is InChI=1S/C15H14N2/c16-15(11-6-2-1-3-7-11)14-10-12-8-4-5-9-13(12)17-14/h1-10,15,17H,16H2. The second-order valence-corrected chi connectivity index (χ2v) is 4.20. The van der Waals surface area contributed by atoms with Crippen LogP contribution < -0.4 is 5.73 Å². The summed E-state index contributed by atoms with van der Waals surface area (Å²) in [4.78, 5) is 3.37. The summed E-state index contributed by atoms with van der Waals surface area (Å²) < 4.78 is 0. The Bertz CT molecular complexity index is 592. The van der Waals surface area contributed by atoms with Gasteiger partial charge in [-0.05, 0) is 23.1 Å². The molecule has 2 heteroatoms. The summed E-state index contributed by atoms with van der Waals surface area (Å²) in [5.74, 6) is 0. The van der Waals surface area contributed by atoms with Gasteiger partial charge in [0.25, 0.3) is 0 Å². The maximum absolute atomic E-state index is 6.25. The second-order valence-electron chi connectivity index (χ2n) is 4.20. The van der Waals surface area contributed by atoms with Crippen LogP contribution in [0.3, 0.4) is 0 Å². The van der Waals surface area contributed by atoms with Gasteiger partial charge in [0.2, 0.25) is 0 Å². The van der Waals surface area contributed by atoms with E-state index in [-0.39, 0.29) is 6.04 Å². The number of nitrogens with two attached hydrogens (primary N) is 1. The molecule has 0 bridgehead atoms. The Kier molecular flexibility index (Phi) is 2.42. The van der Waals surface area contributed by atoms with E-state index in [9.17, 15) is 0 Å². The van der Waals surface area contributed by atoms with E-state index in [1.165, 1.54) is 5.39 Å². The van der Waals surface area contributed by atoms with Gasteiger partial charge in [-0.15, -0.1) is 0 Å². The highest BCUT2D eigenvalue weighted by Crippen LogP contribution is 2.22. The van der Waals surface area contributed by atoms with E-state index in [2.05, 4.69) is 35.3 Å². The van der Waals surface area contributed by atoms with Crippen LogP contribution in [-0.4, -0.2) is 4.98 Å². The van der Waals surface area contributed by atoms with Crippen LogP contribution in [0.1, 0.15) is 17.3 Å².